The average molecular weight is 142 g/mol. The minimum Gasteiger partial charge on any atom is -0.198 e. The van der Waals surface area contributed by atoms with Crippen LogP contribution in [0.4, 0.5) is 0 Å². The zero-order valence-electron chi connectivity index (χ0n) is 5.10. The molecule has 1 aliphatic rings. The van der Waals surface area contributed by atoms with Crippen LogP contribution in [0.2, 0.25) is 0 Å². The quantitative estimate of drug-likeness (QED) is 0.508. The Morgan fingerprint density at radius 1 is 1.78 bits per heavy atom. The molecule has 1 saturated carbocycles. The van der Waals surface area contributed by atoms with Crippen molar-refractivity contribution in [1.82, 2.24) is 0 Å². The fourth-order valence-electron chi connectivity index (χ4n) is 1.15. The number of allylic oxidation sites excluding steroid dienone is 1. The van der Waals surface area contributed by atoms with Crippen LogP contribution in [-0.2, 0) is 0 Å². The smallest absolute Gasteiger partial charge is 0.0700 e. The van der Waals surface area contributed by atoms with Crippen LogP contribution in [0.5, 0.6) is 0 Å². The number of nitrogens with zero attached hydrogens (tertiary/aromatic N) is 1. The van der Waals surface area contributed by atoms with E-state index in [1.54, 1.807) is 5.54 Å². The van der Waals surface area contributed by atoms with Gasteiger partial charge in [0.1, 0.15) is 0 Å². The zero-order valence-corrected chi connectivity index (χ0v) is 5.86. The van der Waals surface area contributed by atoms with E-state index >= 15 is 0 Å². The summed E-state index contributed by atoms with van der Waals surface area (Å²) >= 11 is 5.47. The number of hydrogen-bond donors (Lipinski definition) is 0. The van der Waals surface area contributed by atoms with Gasteiger partial charge in [-0.05, 0) is 24.8 Å². The summed E-state index contributed by atoms with van der Waals surface area (Å²) in [7, 11) is 0. The van der Waals surface area contributed by atoms with Crippen molar-refractivity contribution in [1.29, 1.82) is 5.26 Å². The van der Waals surface area contributed by atoms with Gasteiger partial charge in [0.15, 0.2) is 0 Å². The Morgan fingerprint density at radius 2 is 2.56 bits per heavy atom. The first kappa shape index (κ1) is 6.64. The van der Waals surface area contributed by atoms with Gasteiger partial charge in [-0.3, -0.25) is 0 Å². The molecule has 0 saturated heterocycles. The fourth-order valence-corrected chi connectivity index (χ4v) is 1.41. The SMILES string of the molecule is N#CC1CCC/C1=C/Cl. The van der Waals surface area contributed by atoms with Crippen molar-refractivity contribution >= 4 is 11.6 Å². The van der Waals surface area contributed by atoms with Gasteiger partial charge in [-0.25, -0.2) is 0 Å². The first-order chi connectivity index (χ1) is 4.38. The van der Waals surface area contributed by atoms with E-state index in [2.05, 4.69) is 6.07 Å². The van der Waals surface area contributed by atoms with Crippen LogP contribution < -0.4 is 0 Å². The molecule has 0 N–H and O–H groups in total. The Morgan fingerprint density at radius 3 is 3.00 bits per heavy atom. The van der Waals surface area contributed by atoms with Crippen LogP contribution in [0.15, 0.2) is 11.1 Å². The Hall–Kier alpha value is -0.480. The molecule has 1 atom stereocenters. The van der Waals surface area contributed by atoms with Crippen LogP contribution in [0.1, 0.15) is 19.3 Å². The van der Waals surface area contributed by atoms with E-state index in [-0.39, 0.29) is 5.92 Å². The fraction of sp³-hybridized carbons (Fsp3) is 0.571. The lowest BCUT2D eigenvalue weighted by molar-refractivity contribution is 0.778. The monoisotopic (exact) mass is 141 g/mol. The van der Waals surface area contributed by atoms with Crippen LogP contribution >= 0.6 is 11.6 Å². The van der Waals surface area contributed by atoms with Crippen LogP contribution in [0.3, 0.4) is 0 Å². The van der Waals surface area contributed by atoms with Gasteiger partial charge in [0.2, 0.25) is 0 Å². The van der Waals surface area contributed by atoms with Crippen molar-refractivity contribution in [2.45, 2.75) is 19.3 Å². The Kier molecular flexibility index (Phi) is 2.13. The first-order valence-corrected chi connectivity index (χ1v) is 3.51. The van der Waals surface area contributed by atoms with Crippen LogP contribution in [0.25, 0.3) is 0 Å². The number of nitriles is 1. The van der Waals surface area contributed by atoms with Crippen molar-refractivity contribution in [3.8, 4) is 6.07 Å². The molecule has 1 aliphatic carbocycles. The lowest BCUT2D eigenvalue weighted by atomic mass is 10.1. The summed E-state index contributed by atoms with van der Waals surface area (Å²) in [6, 6.07) is 2.21. The summed E-state index contributed by atoms with van der Waals surface area (Å²) in [5.74, 6) is 0.113. The molecule has 2 heteroatoms. The minimum absolute atomic E-state index is 0.113. The van der Waals surface area contributed by atoms with E-state index < -0.39 is 0 Å². The van der Waals surface area contributed by atoms with Crippen molar-refractivity contribution in [2.24, 2.45) is 5.92 Å². The largest absolute Gasteiger partial charge is 0.198 e. The van der Waals surface area contributed by atoms with Gasteiger partial charge in [-0.15, -0.1) is 0 Å². The third-order valence-electron chi connectivity index (χ3n) is 1.70. The molecule has 0 bridgehead atoms. The molecule has 1 unspecified atom stereocenters. The normalized spacial score (nSPS) is 30.7. The highest BCUT2D eigenvalue weighted by Gasteiger charge is 2.19. The van der Waals surface area contributed by atoms with E-state index in [9.17, 15) is 0 Å². The van der Waals surface area contributed by atoms with Crippen molar-refractivity contribution in [3.05, 3.63) is 11.1 Å². The number of rotatable bonds is 0. The molecule has 0 aliphatic heterocycles. The van der Waals surface area contributed by atoms with E-state index in [1.807, 2.05) is 0 Å². The van der Waals surface area contributed by atoms with Crippen molar-refractivity contribution < 1.29 is 0 Å². The molecule has 0 amide bonds. The molecule has 0 spiro atoms. The molecule has 1 rings (SSSR count). The first-order valence-electron chi connectivity index (χ1n) is 3.07. The second-order valence-corrected chi connectivity index (χ2v) is 2.48. The molecule has 0 radical (unpaired) electrons. The Bertz CT molecular complexity index is 166. The Balaban J connectivity index is 2.65. The number of halogens is 1. The summed E-state index contributed by atoms with van der Waals surface area (Å²) in [5.41, 5.74) is 2.67. The van der Waals surface area contributed by atoms with Crippen LogP contribution in [0, 0.1) is 17.2 Å². The van der Waals surface area contributed by atoms with Gasteiger partial charge in [-0.2, -0.15) is 5.26 Å². The van der Waals surface area contributed by atoms with E-state index in [4.69, 9.17) is 16.9 Å². The van der Waals surface area contributed by atoms with Crippen molar-refractivity contribution in [2.75, 3.05) is 0 Å². The second kappa shape index (κ2) is 2.89. The highest BCUT2D eigenvalue weighted by atomic mass is 35.5. The highest BCUT2D eigenvalue weighted by Crippen LogP contribution is 2.30. The zero-order chi connectivity index (χ0) is 6.69. The van der Waals surface area contributed by atoms with Gasteiger partial charge in [0, 0.05) is 5.54 Å². The van der Waals surface area contributed by atoms with Crippen LogP contribution in [-0.4, -0.2) is 0 Å². The molecule has 0 aromatic rings. The summed E-state index contributed by atoms with van der Waals surface area (Å²) in [6.07, 6.45) is 3.13. The number of hydrogen-bond acceptors (Lipinski definition) is 1. The molecule has 9 heavy (non-hydrogen) atoms. The molecule has 0 aromatic carbocycles. The van der Waals surface area contributed by atoms with E-state index in [0.29, 0.717) is 0 Å². The summed E-state index contributed by atoms with van der Waals surface area (Å²) in [5, 5.41) is 8.52. The predicted molar refractivity (Wildman–Crippen MR) is 36.9 cm³/mol. The van der Waals surface area contributed by atoms with Gasteiger partial charge in [0.25, 0.3) is 0 Å². The highest BCUT2D eigenvalue weighted by molar-refractivity contribution is 6.25. The lowest BCUT2D eigenvalue weighted by Crippen LogP contribution is -1.89. The molecular weight excluding hydrogens is 134 g/mol. The van der Waals surface area contributed by atoms with Gasteiger partial charge in [-0.1, -0.05) is 11.6 Å². The second-order valence-electron chi connectivity index (χ2n) is 2.26. The predicted octanol–water partition coefficient (Wildman–Crippen LogP) is 2.43. The molecule has 48 valence electrons. The van der Waals surface area contributed by atoms with Crippen molar-refractivity contribution in [3.63, 3.8) is 0 Å². The maximum atomic E-state index is 8.52. The molecule has 0 heterocycles. The maximum absolute atomic E-state index is 8.52. The third-order valence-corrected chi connectivity index (χ3v) is 1.98. The molecular formula is C7H8ClN. The van der Waals surface area contributed by atoms with Gasteiger partial charge in [0.05, 0.1) is 12.0 Å². The lowest BCUT2D eigenvalue weighted by Gasteiger charge is -1.95. The average Bonchev–Trinajstić information content (AvgIpc) is 2.33. The van der Waals surface area contributed by atoms with E-state index in [0.717, 1.165) is 24.8 Å². The molecule has 0 aromatic heterocycles. The Labute approximate surface area is 59.9 Å². The van der Waals surface area contributed by atoms with Gasteiger partial charge >= 0.3 is 0 Å². The van der Waals surface area contributed by atoms with E-state index in [1.165, 1.54) is 0 Å². The third kappa shape index (κ3) is 1.25. The summed E-state index contributed by atoms with van der Waals surface area (Å²) in [4.78, 5) is 0. The molecule has 1 nitrogen and oxygen atoms in total. The summed E-state index contributed by atoms with van der Waals surface area (Å²) in [6.45, 7) is 0. The molecule has 1 fully saturated rings. The van der Waals surface area contributed by atoms with Gasteiger partial charge < -0.3 is 0 Å². The maximum Gasteiger partial charge on any atom is 0.0700 e. The summed E-state index contributed by atoms with van der Waals surface area (Å²) < 4.78 is 0. The standard InChI is InChI=1S/C7H8ClN/c8-4-6-2-1-3-7(6)5-9/h4,7H,1-3H2/b6-4-. The topological polar surface area (TPSA) is 23.8 Å². The minimum atomic E-state index is 0.113.